The molecule has 0 aliphatic heterocycles. The third-order valence-electron chi connectivity index (χ3n) is 7.82. The van der Waals surface area contributed by atoms with Crippen molar-refractivity contribution < 1.29 is 24.1 Å². The van der Waals surface area contributed by atoms with Crippen molar-refractivity contribution in [3.05, 3.63) is 33.7 Å². The van der Waals surface area contributed by atoms with Crippen LogP contribution in [0.2, 0.25) is 5.02 Å². The third kappa shape index (κ3) is 3.40. The molecular weight excluding hydrogens is 462 g/mol. The van der Waals surface area contributed by atoms with E-state index in [1.54, 1.807) is 12.1 Å². The zero-order chi connectivity index (χ0) is 24.2. The molecule has 1 aromatic carbocycles. The Morgan fingerprint density at radius 3 is 2.26 bits per heavy atom. The normalized spacial score (nSPS) is 29.1. The highest BCUT2D eigenvalue weighted by molar-refractivity contribution is 6.33. The highest BCUT2D eigenvalue weighted by Gasteiger charge is 2.61. The molecule has 34 heavy (non-hydrogen) atoms. The Kier molecular flexibility index (Phi) is 5.62. The minimum Gasteiger partial charge on any atom is -0.493 e. The minimum atomic E-state index is -0.853. The van der Waals surface area contributed by atoms with Gasteiger partial charge in [-0.15, -0.1) is 0 Å². The van der Waals surface area contributed by atoms with Crippen LogP contribution >= 0.6 is 11.6 Å². The maximum atomic E-state index is 13.5. The number of hydrogen-bond donors (Lipinski definition) is 2. The molecule has 4 fully saturated rings. The maximum Gasteiger partial charge on any atom is 0.309 e. The second-order valence-electron chi connectivity index (χ2n) is 9.66. The van der Waals surface area contributed by atoms with Crippen LogP contribution in [0.5, 0.6) is 17.2 Å². The fourth-order valence-electron chi connectivity index (χ4n) is 6.88. The van der Waals surface area contributed by atoms with Crippen LogP contribution < -0.4 is 25.1 Å². The molecule has 9 nitrogen and oxygen atoms in total. The summed E-state index contributed by atoms with van der Waals surface area (Å²) in [4.78, 5) is 25.8. The summed E-state index contributed by atoms with van der Waals surface area (Å²) >= 11 is 6.55. The van der Waals surface area contributed by atoms with Crippen molar-refractivity contribution in [2.75, 3.05) is 26.6 Å². The lowest BCUT2D eigenvalue weighted by atomic mass is 9.48. The van der Waals surface area contributed by atoms with Gasteiger partial charge in [-0.25, -0.2) is 4.68 Å². The first-order chi connectivity index (χ1) is 16.3. The molecule has 2 unspecified atom stereocenters. The molecule has 0 saturated heterocycles. The molecule has 6 rings (SSSR count). The summed E-state index contributed by atoms with van der Waals surface area (Å²) in [7, 11) is 4.55. The fraction of sp³-hybridized carbons (Fsp3) is 0.542. The Bertz CT molecular complexity index is 1160. The molecule has 4 saturated carbocycles. The van der Waals surface area contributed by atoms with Gasteiger partial charge in [-0.05, 0) is 49.9 Å². The predicted molar refractivity (Wildman–Crippen MR) is 126 cm³/mol. The summed E-state index contributed by atoms with van der Waals surface area (Å²) in [5.41, 5.74) is -0.429. The number of benzene rings is 1. The Balaban J connectivity index is 1.53. The summed E-state index contributed by atoms with van der Waals surface area (Å²) < 4.78 is 17.5. The molecule has 2 aromatic rings. The summed E-state index contributed by atoms with van der Waals surface area (Å²) in [5.74, 6) is 0.781. The van der Waals surface area contributed by atoms with Crippen molar-refractivity contribution in [1.82, 2.24) is 9.78 Å². The number of carboxylic acid groups (broad SMARTS) is 1. The van der Waals surface area contributed by atoms with Gasteiger partial charge in [0.2, 0.25) is 5.75 Å². The first-order valence-electron chi connectivity index (χ1n) is 11.4. The Labute approximate surface area is 202 Å². The summed E-state index contributed by atoms with van der Waals surface area (Å²) in [5, 5.41) is 17.7. The number of aliphatic carboxylic acids is 1. The molecule has 10 heteroatoms. The van der Waals surface area contributed by atoms with E-state index in [0.717, 1.165) is 19.3 Å². The summed E-state index contributed by atoms with van der Waals surface area (Å²) in [6.45, 7) is 0. The van der Waals surface area contributed by atoms with Crippen molar-refractivity contribution in [2.24, 2.45) is 23.7 Å². The highest BCUT2D eigenvalue weighted by Crippen LogP contribution is 2.61. The van der Waals surface area contributed by atoms with E-state index in [4.69, 9.17) is 25.8 Å². The number of aromatic nitrogens is 2. The number of nitrogens with zero attached hydrogens (tertiary/aromatic N) is 2. The summed E-state index contributed by atoms with van der Waals surface area (Å²) in [6, 6.07) is 3.39. The molecule has 4 bridgehead atoms. The molecule has 0 spiro atoms. The Morgan fingerprint density at radius 2 is 1.74 bits per heavy atom. The monoisotopic (exact) mass is 489 g/mol. The number of carbonyl (C=O) groups is 1. The first-order valence-corrected chi connectivity index (χ1v) is 11.8. The van der Waals surface area contributed by atoms with E-state index in [-0.39, 0.29) is 10.9 Å². The topological polar surface area (TPSA) is 112 Å². The number of halogens is 1. The molecule has 182 valence electrons. The molecule has 4 aliphatic rings. The lowest BCUT2D eigenvalue weighted by molar-refractivity contribution is -0.168. The van der Waals surface area contributed by atoms with Crippen molar-refractivity contribution in [3.8, 4) is 17.2 Å². The van der Waals surface area contributed by atoms with E-state index < -0.39 is 23.0 Å². The SMILES string of the molecule is COc1cc(Nc2cnn(C34C[C@@H]5CC(C[C@@H](C5)C3)[C@H]4C(=O)O)c(=O)c2Cl)cc(OC)c1OC. The molecule has 1 aromatic heterocycles. The van der Waals surface area contributed by atoms with E-state index >= 15 is 0 Å². The predicted octanol–water partition coefficient (Wildman–Crippen LogP) is 3.90. The van der Waals surface area contributed by atoms with E-state index in [1.165, 1.54) is 32.2 Å². The van der Waals surface area contributed by atoms with Crippen molar-refractivity contribution in [2.45, 2.75) is 37.6 Å². The van der Waals surface area contributed by atoms with Crippen LogP contribution in [0.25, 0.3) is 0 Å². The van der Waals surface area contributed by atoms with Gasteiger partial charge in [-0.2, -0.15) is 5.10 Å². The second-order valence-corrected chi connectivity index (χ2v) is 10.0. The number of carboxylic acids is 1. The molecule has 0 radical (unpaired) electrons. The van der Waals surface area contributed by atoms with Gasteiger partial charge in [0.15, 0.2) is 11.5 Å². The minimum absolute atomic E-state index is 0.0383. The summed E-state index contributed by atoms with van der Waals surface area (Å²) in [6.07, 6.45) is 5.73. The quantitative estimate of drug-likeness (QED) is 0.602. The molecule has 4 aliphatic carbocycles. The molecule has 5 atom stereocenters. The van der Waals surface area contributed by atoms with Gasteiger partial charge >= 0.3 is 5.97 Å². The molecule has 0 amide bonds. The number of methoxy groups -OCH3 is 3. The number of ether oxygens (including phenoxy) is 3. The lowest BCUT2D eigenvalue weighted by Crippen LogP contribution is -2.63. The van der Waals surface area contributed by atoms with Gasteiger partial charge in [0.05, 0.1) is 44.7 Å². The average molecular weight is 490 g/mol. The Hall–Kier alpha value is -2.94. The van der Waals surface area contributed by atoms with Crippen LogP contribution in [0.15, 0.2) is 23.1 Å². The van der Waals surface area contributed by atoms with Crippen LogP contribution in [0.4, 0.5) is 11.4 Å². The molecule has 2 N–H and O–H groups in total. The first kappa shape index (κ1) is 22.8. The van der Waals surface area contributed by atoms with Crippen molar-refractivity contribution in [3.63, 3.8) is 0 Å². The standard InChI is InChI=1S/C24H28ClN3O6/c1-32-17-7-15(8-18(33-2)21(17)34-3)27-16-11-26-28(22(29)20(16)25)24-9-12-4-13(10-24)6-14(5-12)19(24)23(30)31/h7-8,11-14,19,27H,4-6,9-10H2,1-3H3,(H,30,31)/t12-,13+,14?,19-,24?/m0/s1. The average Bonchev–Trinajstić information content (AvgIpc) is 2.80. The van der Waals surface area contributed by atoms with Crippen molar-refractivity contribution in [1.29, 1.82) is 0 Å². The number of rotatable bonds is 7. The lowest BCUT2D eigenvalue weighted by Gasteiger charge is -2.59. The number of hydrogen-bond acceptors (Lipinski definition) is 7. The van der Waals surface area contributed by atoms with Gasteiger partial charge in [0.25, 0.3) is 5.56 Å². The molecular formula is C24H28ClN3O6. The van der Waals surface area contributed by atoms with Gasteiger partial charge in [-0.1, -0.05) is 11.6 Å². The van der Waals surface area contributed by atoms with E-state index in [2.05, 4.69) is 10.4 Å². The van der Waals surface area contributed by atoms with Gasteiger partial charge < -0.3 is 24.6 Å². The largest absolute Gasteiger partial charge is 0.493 e. The van der Waals surface area contributed by atoms with E-state index in [9.17, 15) is 14.7 Å². The van der Waals surface area contributed by atoms with Gasteiger partial charge in [-0.3, -0.25) is 9.59 Å². The van der Waals surface area contributed by atoms with Crippen LogP contribution in [0.3, 0.4) is 0 Å². The second kappa shape index (κ2) is 8.37. The maximum absolute atomic E-state index is 13.5. The molecule has 1 heterocycles. The third-order valence-corrected chi connectivity index (χ3v) is 8.19. The zero-order valence-electron chi connectivity index (χ0n) is 19.3. The van der Waals surface area contributed by atoms with E-state index in [1.807, 2.05) is 0 Å². The number of nitrogens with one attached hydrogen (secondary N) is 1. The smallest absolute Gasteiger partial charge is 0.309 e. The fourth-order valence-corrected chi connectivity index (χ4v) is 7.06. The van der Waals surface area contributed by atoms with Crippen LogP contribution in [0.1, 0.15) is 32.1 Å². The highest BCUT2D eigenvalue weighted by atomic mass is 35.5. The van der Waals surface area contributed by atoms with E-state index in [0.29, 0.717) is 53.3 Å². The van der Waals surface area contributed by atoms with Crippen molar-refractivity contribution >= 4 is 28.9 Å². The van der Waals surface area contributed by atoms with Gasteiger partial charge in [0.1, 0.15) is 5.02 Å². The van der Waals surface area contributed by atoms with Crippen LogP contribution in [-0.2, 0) is 10.3 Å². The number of anilines is 2. The van der Waals surface area contributed by atoms with Crippen LogP contribution in [0, 0.1) is 23.7 Å². The van der Waals surface area contributed by atoms with Crippen LogP contribution in [-0.4, -0.2) is 42.2 Å². The van der Waals surface area contributed by atoms with Gasteiger partial charge in [0, 0.05) is 17.8 Å². The Morgan fingerprint density at radius 1 is 1.12 bits per heavy atom. The zero-order valence-corrected chi connectivity index (χ0v) is 20.1.